The Kier molecular flexibility index (Phi) is 3.56. The molecule has 0 spiro atoms. The number of pyridine rings is 1. The number of aromatic nitrogens is 1. The van der Waals surface area contributed by atoms with E-state index in [9.17, 15) is 4.79 Å². The molecule has 0 amide bonds. The van der Waals surface area contributed by atoms with Gasteiger partial charge in [0.2, 0.25) is 0 Å². The van der Waals surface area contributed by atoms with Crippen molar-refractivity contribution in [3.8, 4) is 0 Å². The van der Waals surface area contributed by atoms with E-state index < -0.39 is 0 Å². The Labute approximate surface area is 91.1 Å². The minimum atomic E-state index is 0.0545. The summed E-state index contributed by atoms with van der Waals surface area (Å²) >= 11 is 0. The van der Waals surface area contributed by atoms with Gasteiger partial charge in [0.25, 0.3) is 5.56 Å². The van der Waals surface area contributed by atoms with Crippen LogP contribution in [0.2, 0.25) is 0 Å². The highest BCUT2D eigenvalue weighted by Crippen LogP contribution is 2.14. The second kappa shape index (κ2) is 4.51. The van der Waals surface area contributed by atoms with Crippen LogP contribution < -0.4 is 10.9 Å². The maximum absolute atomic E-state index is 11.3. The number of nitrogens with one attached hydrogen (secondary N) is 1. The topological polar surface area (TPSA) is 34.0 Å². The molecule has 3 heteroatoms. The van der Waals surface area contributed by atoms with Crippen molar-refractivity contribution in [1.29, 1.82) is 0 Å². The molecule has 1 aromatic rings. The number of hydrogen-bond donors (Lipinski definition) is 1. The van der Waals surface area contributed by atoms with Crippen molar-refractivity contribution < 1.29 is 0 Å². The van der Waals surface area contributed by atoms with E-state index in [1.54, 1.807) is 10.6 Å². The van der Waals surface area contributed by atoms with Gasteiger partial charge in [-0.2, -0.15) is 0 Å². The monoisotopic (exact) mass is 208 g/mol. The van der Waals surface area contributed by atoms with Crippen LogP contribution in [0.25, 0.3) is 0 Å². The van der Waals surface area contributed by atoms with Crippen LogP contribution >= 0.6 is 0 Å². The fourth-order valence-electron chi connectivity index (χ4n) is 1.25. The molecule has 0 aromatic carbocycles. The van der Waals surface area contributed by atoms with E-state index in [-0.39, 0.29) is 11.0 Å². The molecule has 3 nitrogen and oxygen atoms in total. The van der Waals surface area contributed by atoms with Crippen molar-refractivity contribution >= 4 is 5.69 Å². The summed E-state index contributed by atoms with van der Waals surface area (Å²) < 4.78 is 1.70. The number of rotatable bonds is 3. The minimum absolute atomic E-state index is 0.0545. The third-order valence-electron chi connectivity index (χ3n) is 2.15. The Morgan fingerprint density at radius 2 is 2.00 bits per heavy atom. The average molecular weight is 208 g/mol. The zero-order valence-corrected chi connectivity index (χ0v) is 10.0. The molecule has 15 heavy (non-hydrogen) atoms. The van der Waals surface area contributed by atoms with Gasteiger partial charge in [-0.05, 0) is 18.4 Å². The van der Waals surface area contributed by atoms with Gasteiger partial charge in [0, 0.05) is 25.4 Å². The van der Waals surface area contributed by atoms with Crippen molar-refractivity contribution in [1.82, 2.24) is 4.57 Å². The first kappa shape index (κ1) is 11.8. The largest absolute Gasteiger partial charge is 0.383 e. The number of aryl methyl sites for hydroxylation is 1. The molecule has 1 aromatic heterocycles. The SMILES string of the molecule is CCn1cc(NCC(C)(C)C)ccc1=O. The molecular formula is C12H20N2O. The number of nitrogens with zero attached hydrogens (tertiary/aromatic N) is 1. The number of hydrogen-bond acceptors (Lipinski definition) is 2. The Morgan fingerprint density at radius 1 is 1.33 bits per heavy atom. The zero-order chi connectivity index (χ0) is 11.5. The Morgan fingerprint density at radius 3 is 2.53 bits per heavy atom. The smallest absolute Gasteiger partial charge is 0.250 e. The highest BCUT2D eigenvalue weighted by molar-refractivity contribution is 5.40. The zero-order valence-electron chi connectivity index (χ0n) is 10.0. The van der Waals surface area contributed by atoms with Gasteiger partial charge in [-0.25, -0.2) is 0 Å². The third-order valence-corrected chi connectivity index (χ3v) is 2.15. The van der Waals surface area contributed by atoms with Crippen molar-refractivity contribution in [2.24, 2.45) is 5.41 Å². The summed E-state index contributed by atoms with van der Waals surface area (Å²) in [6, 6.07) is 3.44. The first-order valence-electron chi connectivity index (χ1n) is 5.37. The molecular weight excluding hydrogens is 188 g/mol. The normalized spacial score (nSPS) is 11.5. The molecule has 0 aliphatic carbocycles. The first-order valence-corrected chi connectivity index (χ1v) is 5.37. The van der Waals surface area contributed by atoms with E-state index >= 15 is 0 Å². The van der Waals surface area contributed by atoms with E-state index in [2.05, 4.69) is 26.1 Å². The van der Waals surface area contributed by atoms with Gasteiger partial charge in [0.15, 0.2) is 0 Å². The molecule has 0 radical (unpaired) electrons. The van der Waals surface area contributed by atoms with Gasteiger partial charge in [-0.1, -0.05) is 20.8 Å². The van der Waals surface area contributed by atoms with E-state index in [1.165, 1.54) is 0 Å². The molecule has 0 aliphatic rings. The summed E-state index contributed by atoms with van der Waals surface area (Å²) in [7, 11) is 0. The summed E-state index contributed by atoms with van der Waals surface area (Å²) in [5, 5.41) is 3.33. The summed E-state index contributed by atoms with van der Waals surface area (Å²) in [6.45, 7) is 10.1. The van der Waals surface area contributed by atoms with Gasteiger partial charge < -0.3 is 9.88 Å². The Hall–Kier alpha value is -1.25. The average Bonchev–Trinajstić information content (AvgIpc) is 2.15. The predicted molar refractivity (Wildman–Crippen MR) is 64.3 cm³/mol. The van der Waals surface area contributed by atoms with Gasteiger partial charge in [0.1, 0.15) is 0 Å². The third kappa shape index (κ3) is 3.78. The molecule has 0 saturated heterocycles. The molecule has 1 N–H and O–H groups in total. The van der Waals surface area contributed by atoms with Gasteiger partial charge in [-0.15, -0.1) is 0 Å². The van der Waals surface area contributed by atoms with Crippen LogP contribution in [0.15, 0.2) is 23.1 Å². The Balaban J connectivity index is 2.75. The van der Waals surface area contributed by atoms with E-state index in [4.69, 9.17) is 0 Å². The Bertz CT molecular complexity index is 374. The highest BCUT2D eigenvalue weighted by Gasteiger charge is 2.09. The van der Waals surface area contributed by atoms with Crippen LogP contribution in [0, 0.1) is 5.41 Å². The molecule has 0 fully saturated rings. The van der Waals surface area contributed by atoms with Gasteiger partial charge in [-0.3, -0.25) is 4.79 Å². The summed E-state index contributed by atoms with van der Waals surface area (Å²) in [5.41, 5.74) is 1.30. The molecule has 1 rings (SSSR count). The lowest BCUT2D eigenvalue weighted by atomic mass is 9.97. The first-order chi connectivity index (χ1) is 6.92. The lowest BCUT2D eigenvalue weighted by Gasteiger charge is -2.19. The van der Waals surface area contributed by atoms with Crippen molar-refractivity contribution in [2.75, 3.05) is 11.9 Å². The fourth-order valence-corrected chi connectivity index (χ4v) is 1.25. The lowest BCUT2D eigenvalue weighted by molar-refractivity contribution is 0.443. The predicted octanol–water partition coefficient (Wildman–Crippen LogP) is 2.33. The minimum Gasteiger partial charge on any atom is -0.383 e. The van der Waals surface area contributed by atoms with Gasteiger partial charge >= 0.3 is 0 Å². The standard InChI is InChI=1S/C12H20N2O/c1-5-14-8-10(6-7-11(14)15)13-9-12(2,3)4/h6-8,13H,5,9H2,1-4H3. The highest BCUT2D eigenvalue weighted by atomic mass is 16.1. The second-order valence-corrected chi connectivity index (χ2v) is 4.96. The fraction of sp³-hybridized carbons (Fsp3) is 0.583. The summed E-state index contributed by atoms with van der Waals surface area (Å²) in [4.78, 5) is 11.3. The molecule has 0 atom stereocenters. The maximum Gasteiger partial charge on any atom is 0.250 e. The number of anilines is 1. The van der Waals surface area contributed by atoms with Crippen molar-refractivity contribution in [3.63, 3.8) is 0 Å². The van der Waals surface area contributed by atoms with Crippen LogP contribution in [0.5, 0.6) is 0 Å². The van der Waals surface area contributed by atoms with E-state index in [0.717, 1.165) is 12.2 Å². The van der Waals surface area contributed by atoms with Gasteiger partial charge in [0.05, 0.1) is 5.69 Å². The van der Waals surface area contributed by atoms with Crippen LogP contribution in [-0.2, 0) is 6.54 Å². The van der Waals surface area contributed by atoms with Crippen LogP contribution in [0.3, 0.4) is 0 Å². The quantitative estimate of drug-likeness (QED) is 0.827. The molecule has 0 bridgehead atoms. The summed E-state index contributed by atoms with van der Waals surface area (Å²) in [6.07, 6.45) is 1.87. The second-order valence-electron chi connectivity index (χ2n) is 4.96. The maximum atomic E-state index is 11.3. The van der Waals surface area contributed by atoms with E-state index in [1.807, 2.05) is 19.2 Å². The van der Waals surface area contributed by atoms with Crippen LogP contribution in [0.4, 0.5) is 5.69 Å². The lowest BCUT2D eigenvalue weighted by Crippen LogP contribution is -2.22. The molecule has 0 aliphatic heterocycles. The van der Waals surface area contributed by atoms with Crippen molar-refractivity contribution in [2.45, 2.75) is 34.2 Å². The molecule has 1 heterocycles. The van der Waals surface area contributed by atoms with E-state index in [0.29, 0.717) is 6.54 Å². The summed E-state index contributed by atoms with van der Waals surface area (Å²) in [5.74, 6) is 0. The van der Waals surface area contributed by atoms with Crippen LogP contribution in [0.1, 0.15) is 27.7 Å². The molecule has 0 unspecified atom stereocenters. The molecule has 0 saturated carbocycles. The van der Waals surface area contributed by atoms with Crippen molar-refractivity contribution in [3.05, 3.63) is 28.7 Å². The molecule has 84 valence electrons. The van der Waals surface area contributed by atoms with Crippen LogP contribution in [-0.4, -0.2) is 11.1 Å².